The SMILES string of the molecule is CC(CC1CCC=CC1=O)[N+](=O)[O-]. The van der Waals surface area contributed by atoms with Crippen molar-refractivity contribution in [2.75, 3.05) is 0 Å². The zero-order valence-electron chi connectivity index (χ0n) is 7.60. The van der Waals surface area contributed by atoms with Crippen molar-refractivity contribution < 1.29 is 9.72 Å². The molecule has 0 saturated carbocycles. The lowest BCUT2D eigenvalue weighted by molar-refractivity contribution is -0.519. The lowest BCUT2D eigenvalue weighted by atomic mass is 9.88. The van der Waals surface area contributed by atoms with E-state index in [2.05, 4.69) is 0 Å². The molecule has 0 spiro atoms. The van der Waals surface area contributed by atoms with Crippen LogP contribution in [0, 0.1) is 16.0 Å². The van der Waals surface area contributed by atoms with Gasteiger partial charge in [0.05, 0.1) is 0 Å². The minimum Gasteiger partial charge on any atom is -0.295 e. The fraction of sp³-hybridized carbons (Fsp3) is 0.667. The van der Waals surface area contributed by atoms with Crippen LogP contribution in [-0.4, -0.2) is 16.7 Å². The lowest BCUT2D eigenvalue weighted by Crippen LogP contribution is -2.24. The van der Waals surface area contributed by atoms with Crippen LogP contribution in [0.1, 0.15) is 26.2 Å². The molecule has 1 aliphatic carbocycles. The van der Waals surface area contributed by atoms with Crippen molar-refractivity contribution in [2.24, 2.45) is 5.92 Å². The highest BCUT2D eigenvalue weighted by atomic mass is 16.6. The highest BCUT2D eigenvalue weighted by Gasteiger charge is 2.25. The van der Waals surface area contributed by atoms with Gasteiger partial charge < -0.3 is 0 Å². The Balaban J connectivity index is 2.49. The van der Waals surface area contributed by atoms with Crippen LogP contribution in [0.25, 0.3) is 0 Å². The molecule has 1 aliphatic rings. The predicted octanol–water partition coefficient (Wildman–Crippen LogP) is 1.58. The summed E-state index contributed by atoms with van der Waals surface area (Å²) in [5, 5.41) is 10.4. The summed E-state index contributed by atoms with van der Waals surface area (Å²) in [7, 11) is 0. The van der Waals surface area contributed by atoms with E-state index >= 15 is 0 Å². The first-order valence-electron chi connectivity index (χ1n) is 4.45. The van der Waals surface area contributed by atoms with Crippen LogP contribution in [0.3, 0.4) is 0 Å². The van der Waals surface area contributed by atoms with Crippen molar-refractivity contribution in [3.63, 3.8) is 0 Å². The Morgan fingerprint density at radius 1 is 1.77 bits per heavy atom. The maximum atomic E-state index is 11.2. The van der Waals surface area contributed by atoms with Crippen LogP contribution < -0.4 is 0 Å². The Kier molecular flexibility index (Phi) is 3.17. The Labute approximate surface area is 76.8 Å². The molecule has 0 saturated heterocycles. The lowest BCUT2D eigenvalue weighted by Gasteiger charge is -2.16. The average molecular weight is 183 g/mol. The number of carbonyl (C=O) groups excluding carboxylic acids is 1. The molecule has 0 N–H and O–H groups in total. The highest BCUT2D eigenvalue weighted by molar-refractivity contribution is 5.92. The van der Waals surface area contributed by atoms with Gasteiger partial charge in [0, 0.05) is 24.2 Å². The van der Waals surface area contributed by atoms with Crippen LogP contribution in [0.2, 0.25) is 0 Å². The van der Waals surface area contributed by atoms with Gasteiger partial charge in [-0.3, -0.25) is 14.9 Å². The van der Waals surface area contributed by atoms with E-state index in [0.29, 0.717) is 6.42 Å². The van der Waals surface area contributed by atoms with Crippen molar-refractivity contribution in [3.8, 4) is 0 Å². The molecule has 72 valence electrons. The molecule has 2 atom stereocenters. The summed E-state index contributed by atoms with van der Waals surface area (Å²) in [6.45, 7) is 1.55. The number of ketones is 1. The zero-order valence-corrected chi connectivity index (χ0v) is 7.60. The summed E-state index contributed by atoms with van der Waals surface area (Å²) in [6, 6.07) is -0.611. The maximum Gasteiger partial charge on any atom is 0.211 e. The Morgan fingerprint density at radius 3 is 3.00 bits per heavy atom. The summed E-state index contributed by atoms with van der Waals surface area (Å²) < 4.78 is 0. The van der Waals surface area contributed by atoms with E-state index in [-0.39, 0.29) is 16.6 Å². The second-order valence-electron chi connectivity index (χ2n) is 3.45. The van der Waals surface area contributed by atoms with Crippen LogP contribution in [0.4, 0.5) is 0 Å². The second-order valence-corrected chi connectivity index (χ2v) is 3.45. The van der Waals surface area contributed by atoms with E-state index in [4.69, 9.17) is 0 Å². The smallest absolute Gasteiger partial charge is 0.211 e. The molecular weight excluding hydrogens is 170 g/mol. The standard InChI is InChI=1S/C9H13NO3/c1-7(10(12)13)6-8-4-2-3-5-9(8)11/h3,5,7-8H,2,4,6H2,1H3. The quantitative estimate of drug-likeness (QED) is 0.493. The van der Waals surface area contributed by atoms with Gasteiger partial charge in [-0.25, -0.2) is 0 Å². The van der Waals surface area contributed by atoms with Crippen molar-refractivity contribution in [1.29, 1.82) is 0 Å². The van der Waals surface area contributed by atoms with Crippen molar-refractivity contribution in [3.05, 3.63) is 22.3 Å². The van der Waals surface area contributed by atoms with Gasteiger partial charge in [-0.2, -0.15) is 0 Å². The third kappa shape index (κ3) is 2.65. The van der Waals surface area contributed by atoms with Crippen molar-refractivity contribution in [1.82, 2.24) is 0 Å². The fourth-order valence-corrected chi connectivity index (χ4v) is 1.51. The summed E-state index contributed by atoms with van der Waals surface area (Å²) in [4.78, 5) is 21.3. The van der Waals surface area contributed by atoms with E-state index in [9.17, 15) is 14.9 Å². The molecule has 0 heterocycles. The van der Waals surface area contributed by atoms with Gasteiger partial charge in [0.25, 0.3) is 0 Å². The molecule has 4 heteroatoms. The number of hydrogen-bond acceptors (Lipinski definition) is 3. The summed E-state index contributed by atoms with van der Waals surface area (Å²) in [6.07, 6.45) is 5.36. The minimum atomic E-state index is -0.611. The highest BCUT2D eigenvalue weighted by Crippen LogP contribution is 2.20. The number of nitrogens with zero attached hydrogens (tertiary/aromatic N) is 1. The summed E-state index contributed by atoms with van der Waals surface area (Å²) >= 11 is 0. The first kappa shape index (κ1) is 9.89. The predicted molar refractivity (Wildman–Crippen MR) is 47.9 cm³/mol. The van der Waals surface area contributed by atoms with Gasteiger partial charge in [-0.05, 0) is 18.9 Å². The van der Waals surface area contributed by atoms with E-state index in [1.807, 2.05) is 6.08 Å². The van der Waals surface area contributed by atoms with Crippen LogP contribution in [0.15, 0.2) is 12.2 Å². The van der Waals surface area contributed by atoms with Crippen LogP contribution in [-0.2, 0) is 4.79 Å². The van der Waals surface area contributed by atoms with Gasteiger partial charge in [0.2, 0.25) is 6.04 Å². The Hall–Kier alpha value is -1.19. The van der Waals surface area contributed by atoms with E-state index in [1.54, 1.807) is 13.0 Å². The third-order valence-corrected chi connectivity index (χ3v) is 2.35. The summed E-state index contributed by atoms with van der Waals surface area (Å²) in [5.74, 6) is -0.0923. The minimum absolute atomic E-state index is 0.0416. The van der Waals surface area contributed by atoms with Gasteiger partial charge in [0.15, 0.2) is 5.78 Å². The van der Waals surface area contributed by atoms with E-state index in [1.165, 1.54) is 0 Å². The summed E-state index contributed by atoms with van der Waals surface area (Å²) in [5.41, 5.74) is 0. The molecule has 0 amide bonds. The molecule has 1 rings (SSSR count). The molecule has 0 aliphatic heterocycles. The Morgan fingerprint density at radius 2 is 2.46 bits per heavy atom. The zero-order chi connectivity index (χ0) is 9.84. The molecule has 0 fully saturated rings. The monoisotopic (exact) mass is 183 g/mol. The van der Waals surface area contributed by atoms with Crippen molar-refractivity contribution >= 4 is 5.78 Å². The molecule has 4 nitrogen and oxygen atoms in total. The average Bonchev–Trinajstić information content (AvgIpc) is 2.08. The number of nitro groups is 1. The molecule has 0 aromatic carbocycles. The third-order valence-electron chi connectivity index (χ3n) is 2.35. The number of allylic oxidation sites excluding steroid dienone is 2. The number of hydrogen-bond donors (Lipinski definition) is 0. The van der Waals surface area contributed by atoms with Crippen molar-refractivity contribution in [2.45, 2.75) is 32.2 Å². The molecular formula is C9H13NO3. The fourth-order valence-electron chi connectivity index (χ4n) is 1.51. The topological polar surface area (TPSA) is 60.2 Å². The van der Waals surface area contributed by atoms with Gasteiger partial charge in [-0.1, -0.05) is 6.08 Å². The van der Waals surface area contributed by atoms with Crippen LogP contribution in [0.5, 0.6) is 0 Å². The molecule has 0 aromatic heterocycles. The largest absolute Gasteiger partial charge is 0.295 e. The normalized spacial score (nSPS) is 24.4. The Bertz CT molecular complexity index is 247. The maximum absolute atomic E-state index is 11.2. The van der Waals surface area contributed by atoms with E-state index in [0.717, 1.165) is 12.8 Å². The number of rotatable bonds is 3. The van der Waals surface area contributed by atoms with Gasteiger partial charge in [-0.15, -0.1) is 0 Å². The van der Waals surface area contributed by atoms with E-state index < -0.39 is 6.04 Å². The van der Waals surface area contributed by atoms with Gasteiger partial charge >= 0.3 is 0 Å². The van der Waals surface area contributed by atoms with Crippen LogP contribution >= 0.6 is 0 Å². The first-order chi connectivity index (χ1) is 6.11. The molecule has 0 radical (unpaired) electrons. The molecule has 0 bridgehead atoms. The first-order valence-corrected chi connectivity index (χ1v) is 4.45. The number of carbonyl (C=O) groups is 1. The molecule has 13 heavy (non-hydrogen) atoms. The van der Waals surface area contributed by atoms with Gasteiger partial charge in [0.1, 0.15) is 0 Å². The molecule has 0 aromatic rings. The molecule has 2 unspecified atom stereocenters. The second kappa shape index (κ2) is 4.16.